The number of ether oxygens (including phenoxy) is 2. The van der Waals surface area contributed by atoms with E-state index >= 15 is 0 Å². The number of methoxy groups -OCH3 is 1. The molecule has 0 spiro atoms. The Kier molecular flexibility index (Phi) is 5.12. The number of likely N-dealkylation sites (tertiary alicyclic amines) is 1. The normalized spacial score (nSPS) is 22.4. The average Bonchev–Trinajstić information content (AvgIpc) is 3.34. The fourth-order valence-electron chi connectivity index (χ4n) is 5.03. The maximum Gasteiger partial charge on any atom is 0.408 e. The van der Waals surface area contributed by atoms with Crippen molar-refractivity contribution in [3.05, 3.63) is 59.7 Å². The third-order valence-corrected chi connectivity index (χ3v) is 7.14. The molecule has 2 fully saturated rings. The second-order valence-electron chi connectivity index (χ2n) is 9.01. The number of amides is 2. The van der Waals surface area contributed by atoms with Gasteiger partial charge in [0.05, 0.1) is 6.54 Å². The van der Waals surface area contributed by atoms with Gasteiger partial charge >= 0.3 is 12.1 Å². The minimum Gasteiger partial charge on any atom is -0.479 e. The summed E-state index contributed by atoms with van der Waals surface area (Å²) in [6.45, 7) is 0.401. The summed E-state index contributed by atoms with van der Waals surface area (Å²) in [4.78, 5) is 38.8. The molecule has 5 rings (SSSR count). The molecule has 8 heteroatoms. The zero-order valence-electron chi connectivity index (χ0n) is 18.4. The van der Waals surface area contributed by atoms with Crippen LogP contribution >= 0.6 is 0 Å². The van der Waals surface area contributed by atoms with Crippen molar-refractivity contribution in [2.45, 2.75) is 36.3 Å². The van der Waals surface area contributed by atoms with E-state index in [0.29, 0.717) is 12.8 Å². The SMILES string of the molecule is COC1(C(=O)O)CCN(C(=O)C2(NC(=O)OCC3c4ccccc4-c4ccccc43)CC2)C1. The molecular formula is C25H26N2O6. The van der Waals surface area contributed by atoms with Crippen molar-refractivity contribution in [3.63, 3.8) is 0 Å². The second kappa shape index (κ2) is 7.88. The van der Waals surface area contributed by atoms with Gasteiger partial charge in [-0.25, -0.2) is 9.59 Å². The monoisotopic (exact) mass is 450 g/mol. The molecule has 1 aliphatic heterocycles. The first-order valence-corrected chi connectivity index (χ1v) is 11.1. The van der Waals surface area contributed by atoms with Crippen molar-refractivity contribution < 1.29 is 29.0 Å². The van der Waals surface area contributed by atoms with Crippen LogP contribution in [0.25, 0.3) is 11.1 Å². The molecule has 3 aliphatic rings. The summed E-state index contributed by atoms with van der Waals surface area (Å²) in [7, 11) is 1.34. The predicted octanol–water partition coefficient (Wildman–Crippen LogP) is 2.76. The minimum atomic E-state index is -1.39. The molecule has 1 saturated carbocycles. The summed E-state index contributed by atoms with van der Waals surface area (Å²) >= 11 is 0. The van der Waals surface area contributed by atoms with Gasteiger partial charge in [-0.3, -0.25) is 4.79 Å². The number of benzene rings is 2. The molecule has 1 heterocycles. The second-order valence-corrected chi connectivity index (χ2v) is 9.01. The Labute approximate surface area is 191 Å². The van der Waals surface area contributed by atoms with Crippen molar-refractivity contribution in [2.24, 2.45) is 0 Å². The van der Waals surface area contributed by atoms with Crippen LogP contribution in [0.1, 0.15) is 36.3 Å². The van der Waals surface area contributed by atoms with Crippen LogP contribution in [0.5, 0.6) is 0 Å². The van der Waals surface area contributed by atoms with E-state index in [1.54, 1.807) is 0 Å². The Morgan fingerprint density at radius 3 is 2.15 bits per heavy atom. The molecule has 0 bridgehead atoms. The molecule has 1 atom stereocenters. The number of alkyl carbamates (subject to hydrolysis) is 1. The van der Waals surface area contributed by atoms with Gasteiger partial charge in [0.25, 0.3) is 0 Å². The lowest BCUT2D eigenvalue weighted by atomic mass is 9.98. The molecule has 0 aromatic heterocycles. The van der Waals surface area contributed by atoms with Crippen LogP contribution in [-0.4, -0.2) is 65.9 Å². The lowest BCUT2D eigenvalue weighted by Gasteiger charge is -2.26. The summed E-state index contributed by atoms with van der Waals surface area (Å²) in [5.41, 5.74) is 2.10. The number of fused-ring (bicyclic) bond motifs is 3. The summed E-state index contributed by atoms with van der Waals surface area (Å²) in [6.07, 6.45) is 0.572. The zero-order valence-corrected chi connectivity index (χ0v) is 18.4. The highest BCUT2D eigenvalue weighted by Gasteiger charge is 2.57. The van der Waals surface area contributed by atoms with Gasteiger partial charge in [0.1, 0.15) is 12.1 Å². The molecule has 172 valence electrons. The Balaban J connectivity index is 1.23. The first-order chi connectivity index (χ1) is 15.9. The maximum absolute atomic E-state index is 13.1. The molecule has 2 aliphatic carbocycles. The number of carboxylic acids is 1. The third-order valence-electron chi connectivity index (χ3n) is 7.14. The highest BCUT2D eigenvalue weighted by atomic mass is 16.5. The number of carboxylic acid groups (broad SMARTS) is 1. The van der Waals surface area contributed by atoms with E-state index in [9.17, 15) is 19.5 Å². The molecule has 2 N–H and O–H groups in total. The number of nitrogens with one attached hydrogen (secondary N) is 1. The topological polar surface area (TPSA) is 105 Å². The van der Waals surface area contributed by atoms with Crippen LogP contribution in [0.3, 0.4) is 0 Å². The number of hydrogen-bond donors (Lipinski definition) is 2. The predicted molar refractivity (Wildman–Crippen MR) is 119 cm³/mol. The number of carbonyl (C=O) groups excluding carboxylic acids is 2. The van der Waals surface area contributed by atoms with Gasteiger partial charge in [0, 0.05) is 26.0 Å². The summed E-state index contributed by atoms with van der Waals surface area (Å²) < 4.78 is 10.8. The van der Waals surface area contributed by atoms with Gasteiger partial charge in [-0.15, -0.1) is 0 Å². The number of rotatable bonds is 6. The van der Waals surface area contributed by atoms with Crippen LogP contribution in [0.15, 0.2) is 48.5 Å². The van der Waals surface area contributed by atoms with Crippen molar-refractivity contribution in [1.82, 2.24) is 10.2 Å². The largest absolute Gasteiger partial charge is 0.479 e. The third kappa shape index (κ3) is 3.54. The van der Waals surface area contributed by atoms with Crippen molar-refractivity contribution in [1.29, 1.82) is 0 Å². The molecular weight excluding hydrogens is 424 g/mol. The average molecular weight is 450 g/mol. The Morgan fingerprint density at radius 2 is 1.64 bits per heavy atom. The van der Waals surface area contributed by atoms with Crippen LogP contribution in [0.2, 0.25) is 0 Å². The minimum absolute atomic E-state index is 0.0359. The van der Waals surface area contributed by atoms with E-state index < -0.39 is 23.2 Å². The number of hydrogen-bond acceptors (Lipinski definition) is 5. The first-order valence-electron chi connectivity index (χ1n) is 11.1. The lowest BCUT2D eigenvalue weighted by molar-refractivity contribution is -0.161. The zero-order chi connectivity index (χ0) is 23.2. The van der Waals surface area contributed by atoms with Gasteiger partial charge in [0.15, 0.2) is 5.60 Å². The fourth-order valence-corrected chi connectivity index (χ4v) is 5.03. The maximum atomic E-state index is 13.1. The molecule has 2 amide bonds. The van der Waals surface area contributed by atoms with E-state index in [1.165, 1.54) is 12.0 Å². The van der Waals surface area contributed by atoms with Crippen LogP contribution in [0.4, 0.5) is 4.79 Å². The quantitative estimate of drug-likeness (QED) is 0.701. The van der Waals surface area contributed by atoms with Crippen molar-refractivity contribution in [3.8, 4) is 11.1 Å². The first kappa shape index (κ1) is 21.5. The smallest absolute Gasteiger partial charge is 0.408 e. The highest BCUT2D eigenvalue weighted by molar-refractivity contribution is 5.94. The highest BCUT2D eigenvalue weighted by Crippen LogP contribution is 2.45. The number of nitrogens with zero attached hydrogens (tertiary/aromatic N) is 1. The van der Waals surface area contributed by atoms with Crippen LogP contribution < -0.4 is 5.32 Å². The van der Waals surface area contributed by atoms with E-state index in [-0.39, 0.29) is 37.9 Å². The van der Waals surface area contributed by atoms with E-state index in [4.69, 9.17) is 9.47 Å². The number of aliphatic carboxylic acids is 1. The van der Waals surface area contributed by atoms with Gasteiger partial charge in [0.2, 0.25) is 5.91 Å². The van der Waals surface area contributed by atoms with Crippen molar-refractivity contribution >= 4 is 18.0 Å². The summed E-state index contributed by atoms with van der Waals surface area (Å²) in [6, 6.07) is 16.2. The molecule has 1 unspecified atom stereocenters. The molecule has 0 radical (unpaired) electrons. The fraction of sp³-hybridized carbons (Fsp3) is 0.400. The lowest BCUT2D eigenvalue weighted by Crippen LogP contribution is -2.52. The van der Waals surface area contributed by atoms with Crippen LogP contribution in [0, 0.1) is 0 Å². The standard InChI is InChI=1S/C25H26N2O6/c1-32-25(22(29)30)12-13-27(15-25)21(28)24(10-11-24)26-23(31)33-14-20-18-8-4-2-6-16(18)17-7-3-5-9-19(17)20/h2-9,20H,10-15H2,1H3,(H,26,31)(H,29,30). The van der Waals surface area contributed by atoms with E-state index in [1.807, 2.05) is 36.4 Å². The molecule has 2 aromatic rings. The summed E-state index contributed by atoms with van der Waals surface area (Å²) in [5.74, 6) is -1.43. The molecule has 33 heavy (non-hydrogen) atoms. The molecule has 1 saturated heterocycles. The Morgan fingerprint density at radius 1 is 1.03 bits per heavy atom. The van der Waals surface area contributed by atoms with Gasteiger partial charge < -0.3 is 24.8 Å². The number of carbonyl (C=O) groups is 3. The Bertz CT molecular complexity index is 1080. The molecule has 8 nitrogen and oxygen atoms in total. The van der Waals surface area contributed by atoms with Gasteiger partial charge in [-0.05, 0) is 35.1 Å². The van der Waals surface area contributed by atoms with Crippen molar-refractivity contribution in [2.75, 3.05) is 26.8 Å². The summed E-state index contributed by atoms with van der Waals surface area (Å²) in [5, 5.41) is 12.2. The molecule has 2 aromatic carbocycles. The Hall–Kier alpha value is -3.39. The van der Waals surface area contributed by atoms with Gasteiger partial charge in [-0.2, -0.15) is 0 Å². The van der Waals surface area contributed by atoms with Crippen LogP contribution in [-0.2, 0) is 19.1 Å². The van der Waals surface area contributed by atoms with E-state index in [0.717, 1.165) is 22.3 Å². The van der Waals surface area contributed by atoms with E-state index in [2.05, 4.69) is 17.4 Å². The van der Waals surface area contributed by atoms with Gasteiger partial charge in [-0.1, -0.05) is 48.5 Å².